The summed E-state index contributed by atoms with van der Waals surface area (Å²) >= 11 is 0. The SMILES string of the molecule is Cc1ccc(NC(=O)N2CCC([C@@H](NC(=O)c3ccccc3)C(=O)NCc3ccccc3)CC2)cc1. The molecule has 1 aliphatic heterocycles. The van der Waals surface area contributed by atoms with Crippen LogP contribution in [-0.4, -0.2) is 41.9 Å². The van der Waals surface area contributed by atoms with Crippen molar-refractivity contribution >= 4 is 23.5 Å². The lowest BCUT2D eigenvalue weighted by molar-refractivity contribution is -0.124. The van der Waals surface area contributed by atoms with Crippen molar-refractivity contribution in [3.8, 4) is 0 Å². The predicted octanol–water partition coefficient (Wildman–Crippen LogP) is 4.35. The van der Waals surface area contributed by atoms with E-state index < -0.39 is 6.04 Å². The Hall–Kier alpha value is -4.13. The minimum Gasteiger partial charge on any atom is -0.350 e. The van der Waals surface area contributed by atoms with Crippen LogP contribution in [0.15, 0.2) is 84.9 Å². The summed E-state index contributed by atoms with van der Waals surface area (Å²) in [7, 11) is 0. The number of carbonyl (C=O) groups is 3. The van der Waals surface area contributed by atoms with Crippen LogP contribution < -0.4 is 16.0 Å². The highest BCUT2D eigenvalue weighted by Crippen LogP contribution is 2.23. The van der Waals surface area contributed by atoms with E-state index in [1.54, 1.807) is 29.2 Å². The van der Waals surface area contributed by atoms with Gasteiger partial charge in [-0.05, 0) is 55.5 Å². The predicted molar refractivity (Wildman–Crippen MR) is 140 cm³/mol. The van der Waals surface area contributed by atoms with Crippen molar-refractivity contribution in [3.05, 3.63) is 102 Å². The van der Waals surface area contributed by atoms with Crippen molar-refractivity contribution in [1.29, 1.82) is 0 Å². The largest absolute Gasteiger partial charge is 0.350 e. The number of hydrogen-bond acceptors (Lipinski definition) is 3. The van der Waals surface area contributed by atoms with Gasteiger partial charge in [-0.3, -0.25) is 9.59 Å². The quantitative estimate of drug-likeness (QED) is 0.466. The number of likely N-dealkylation sites (tertiary alicyclic amines) is 1. The second-order valence-electron chi connectivity index (χ2n) is 9.14. The van der Waals surface area contributed by atoms with Gasteiger partial charge in [0.15, 0.2) is 0 Å². The molecule has 7 nitrogen and oxygen atoms in total. The summed E-state index contributed by atoms with van der Waals surface area (Å²) in [5.41, 5.74) is 3.37. The number of anilines is 1. The van der Waals surface area contributed by atoms with E-state index in [9.17, 15) is 14.4 Å². The Kier molecular flexibility index (Phi) is 8.34. The smallest absolute Gasteiger partial charge is 0.321 e. The van der Waals surface area contributed by atoms with E-state index in [1.165, 1.54) is 0 Å². The van der Waals surface area contributed by atoms with E-state index in [-0.39, 0.29) is 23.8 Å². The van der Waals surface area contributed by atoms with Gasteiger partial charge in [0.05, 0.1) is 0 Å². The Balaban J connectivity index is 1.39. The highest BCUT2D eigenvalue weighted by atomic mass is 16.2. The molecule has 0 saturated carbocycles. The fraction of sp³-hybridized carbons (Fsp3) is 0.276. The summed E-state index contributed by atoms with van der Waals surface area (Å²) in [5.74, 6) is -0.586. The first kappa shape index (κ1) is 25.0. The van der Waals surface area contributed by atoms with Gasteiger partial charge >= 0.3 is 6.03 Å². The molecule has 36 heavy (non-hydrogen) atoms. The third-order valence-corrected chi connectivity index (χ3v) is 6.52. The van der Waals surface area contributed by atoms with Crippen molar-refractivity contribution in [3.63, 3.8) is 0 Å². The molecule has 3 aromatic rings. The minimum atomic E-state index is -0.691. The van der Waals surface area contributed by atoms with E-state index in [1.807, 2.05) is 67.6 Å². The monoisotopic (exact) mass is 484 g/mol. The van der Waals surface area contributed by atoms with Crippen LogP contribution in [0.5, 0.6) is 0 Å². The molecular formula is C29H32N4O3. The van der Waals surface area contributed by atoms with Crippen molar-refractivity contribution in [2.75, 3.05) is 18.4 Å². The van der Waals surface area contributed by atoms with Crippen molar-refractivity contribution < 1.29 is 14.4 Å². The van der Waals surface area contributed by atoms with Crippen molar-refractivity contribution in [2.24, 2.45) is 5.92 Å². The topological polar surface area (TPSA) is 90.5 Å². The van der Waals surface area contributed by atoms with Gasteiger partial charge in [0.1, 0.15) is 6.04 Å². The standard InChI is InChI=1S/C29H32N4O3/c1-21-12-14-25(15-13-21)31-29(36)33-18-16-23(17-19-33)26(32-27(34)24-10-6-3-7-11-24)28(35)30-20-22-8-4-2-5-9-22/h2-15,23,26H,16-20H2,1H3,(H,30,35)(H,31,36)(H,32,34)/t26-/m1/s1. The minimum absolute atomic E-state index is 0.0862. The van der Waals surface area contributed by atoms with Crippen LogP contribution in [0.2, 0.25) is 0 Å². The van der Waals surface area contributed by atoms with Gasteiger partial charge in [-0.15, -0.1) is 0 Å². The number of nitrogens with zero attached hydrogens (tertiary/aromatic N) is 1. The van der Waals surface area contributed by atoms with E-state index in [2.05, 4.69) is 16.0 Å². The molecule has 0 unspecified atom stereocenters. The third kappa shape index (κ3) is 6.72. The molecule has 1 fully saturated rings. The van der Waals surface area contributed by atoms with Crippen LogP contribution in [-0.2, 0) is 11.3 Å². The molecule has 1 heterocycles. The van der Waals surface area contributed by atoms with Crippen LogP contribution in [0.3, 0.4) is 0 Å². The molecule has 3 N–H and O–H groups in total. The summed E-state index contributed by atoms with van der Waals surface area (Å²) in [6.07, 6.45) is 1.22. The second-order valence-corrected chi connectivity index (χ2v) is 9.14. The number of urea groups is 1. The fourth-order valence-corrected chi connectivity index (χ4v) is 4.38. The van der Waals surface area contributed by atoms with Crippen LogP contribution in [0.1, 0.15) is 34.3 Å². The van der Waals surface area contributed by atoms with Crippen LogP contribution in [0.4, 0.5) is 10.5 Å². The molecule has 1 saturated heterocycles. The first-order valence-corrected chi connectivity index (χ1v) is 12.3. The van der Waals surface area contributed by atoms with E-state index in [0.29, 0.717) is 38.0 Å². The Morgan fingerprint density at radius 2 is 1.47 bits per heavy atom. The van der Waals surface area contributed by atoms with E-state index in [4.69, 9.17) is 0 Å². The van der Waals surface area contributed by atoms with Crippen LogP contribution in [0.25, 0.3) is 0 Å². The third-order valence-electron chi connectivity index (χ3n) is 6.52. The number of rotatable bonds is 7. The molecule has 1 aliphatic rings. The molecule has 4 rings (SSSR count). The molecule has 0 spiro atoms. The maximum absolute atomic E-state index is 13.2. The average Bonchev–Trinajstić information content (AvgIpc) is 2.92. The fourth-order valence-electron chi connectivity index (χ4n) is 4.38. The van der Waals surface area contributed by atoms with Crippen molar-refractivity contribution in [2.45, 2.75) is 32.4 Å². The zero-order valence-electron chi connectivity index (χ0n) is 20.4. The maximum Gasteiger partial charge on any atom is 0.321 e. The summed E-state index contributed by atoms with van der Waals surface area (Å²) in [4.78, 5) is 40.7. The van der Waals surface area contributed by atoms with Gasteiger partial charge in [0.2, 0.25) is 5.91 Å². The van der Waals surface area contributed by atoms with Gasteiger partial charge in [0, 0.05) is 30.9 Å². The Bertz CT molecular complexity index is 1160. The summed E-state index contributed by atoms with van der Waals surface area (Å²) in [6, 6.07) is 25.4. The van der Waals surface area contributed by atoms with Gasteiger partial charge in [0.25, 0.3) is 5.91 Å². The molecule has 0 aliphatic carbocycles. The lowest BCUT2D eigenvalue weighted by Gasteiger charge is -2.35. The Morgan fingerprint density at radius 3 is 2.11 bits per heavy atom. The summed E-state index contributed by atoms with van der Waals surface area (Å²) in [6.45, 7) is 3.40. The van der Waals surface area contributed by atoms with Crippen LogP contribution in [0, 0.1) is 12.8 Å². The zero-order chi connectivity index (χ0) is 25.3. The molecule has 3 aromatic carbocycles. The number of aryl methyl sites for hydroxylation is 1. The number of piperidine rings is 1. The Morgan fingerprint density at radius 1 is 0.861 bits per heavy atom. The van der Waals surface area contributed by atoms with Gasteiger partial charge < -0.3 is 20.9 Å². The van der Waals surface area contributed by atoms with Gasteiger partial charge in [-0.1, -0.05) is 66.2 Å². The lowest BCUT2D eigenvalue weighted by atomic mass is 9.88. The molecule has 4 amide bonds. The van der Waals surface area contributed by atoms with E-state index >= 15 is 0 Å². The maximum atomic E-state index is 13.2. The zero-order valence-corrected chi connectivity index (χ0v) is 20.4. The average molecular weight is 485 g/mol. The van der Waals surface area contributed by atoms with Crippen LogP contribution >= 0.6 is 0 Å². The number of benzene rings is 3. The molecular weight excluding hydrogens is 452 g/mol. The molecule has 1 atom stereocenters. The number of carbonyl (C=O) groups excluding carboxylic acids is 3. The van der Waals surface area contributed by atoms with Crippen molar-refractivity contribution in [1.82, 2.24) is 15.5 Å². The highest BCUT2D eigenvalue weighted by molar-refractivity contribution is 5.97. The summed E-state index contributed by atoms with van der Waals surface area (Å²) < 4.78 is 0. The Labute approximate surface area is 211 Å². The van der Waals surface area contributed by atoms with Gasteiger partial charge in [-0.2, -0.15) is 0 Å². The first-order chi connectivity index (χ1) is 17.5. The molecule has 0 aromatic heterocycles. The summed E-state index contributed by atoms with van der Waals surface area (Å²) in [5, 5.41) is 8.87. The van der Waals surface area contributed by atoms with E-state index in [0.717, 1.165) is 16.8 Å². The second kappa shape index (κ2) is 12.0. The molecule has 7 heteroatoms. The number of hydrogen-bond donors (Lipinski definition) is 3. The number of amides is 4. The van der Waals surface area contributed by atoms with Gasteiger partial charge in [-0.25, -0.2) is 4.79 Å². The first-order valence-electron chi connectivity index (χ1n) is 12.3. The molecule has 0 bridgehead atoms. The number of nitrogens with one attached hydrogen (secondary N) is 3. The molecule has 0 radical (unpaired) electrons. The molecule has 186 valence electrons. The lowest BCUT2D eigenvalue weighted by Crippen LogP contribution is -2.54. The normalized spacial score (nSPS) is 14.5. The highest BCUT2D eigenvalue weighted by Gasteiger charge is 2.34.